The van der Waals surface area contributed by atoms with Gasteiger partial charge < -0.3 is 15.5 Å². The lowest BCUT2D eigenvalue weighted by Crippen LogP contribution is -2.23. The van der Waals surface area contributed by atoms with E-state index >= 15 is 0 Å². The zero-order chi connectivity index (χ0) is 17.7. The predicted molar refractivity (Wildman–Crippen MR) is 98.0 cm³/mol. The molecule has 24 heavy (non-hydrogen) atoms. The van der Waals surface area contributed by atoms with Crippen molar-refractivity contribution in [2.24, 2.45) is 0 Å². The van der Waals surface area contributed by atoms with E-state index in [2.05, 4.69) is 10.6 Å². The van der Waals surface area contributed by atoms with E-state index in [9.17, 15) is 9.59 Å². The Bertz CT molecular complexity index is 763. The maximum absolute atomic E-state index is 12.0. The molecule has 5 nitrogen and oxygen atoms in total. The van der Waals surface area contributed by atoms with Crippen molar-refractivity contribution < 1.29 is 9.59 Å². The minimum Gasteiger partial charge on any atom is -0.375 e. The summed E-state index contributed by atoms with van der Waals surface area (Å²) in [5.74, 6) is -0.448. The standard InChI is InChI=1S/C17H17Cl2N3O2/c1-22(2)17(24)12-8-7-11(9-14(12)19)21-16(23)10-20-15-6-4-3-5-13(15)18/h3-9,20H,10H2,1-2H3,(H,21,23). The summed E-state index contributed by atoms with van der Waals surface area (Å²) in [5, 5.41) is 6.49. The number of benzene rings is 2. The van der Waals surface area contributed by atoms with Gasteiger partial charge in [0, 0.05) is 19.8 Å². The third kappa shape index (κ3) is 4.63. The molecule has 2 rings (SSSR count). The molecule has 0 aliphatic carbocycles. The number of halogens is 2. The van der Waals surface area contributed by atoms with Gasteiger partial charge in [-0.3, -0.25) is 9.59 Å². The molecule has 0 spiro atoms. The summed E-state index contributed by atoms with van der Waals surface area (Å²) in [6, 6.07) is 11.9. The number of anilines is 2. The monoisotopic (exact) mass is 365 g/mol. The van der Waals surface area contributed by atoms with Gasteiger partial charge in [0.2, 0.25) is 5.91 Å². The Morgan fingerprint density at radius 1 is 1.04 bits per heavy atom. The Morgan fingerprint density at radius 2 is 1.75 bits per heavy atom. The lowest BCUT2D eigenvalue weighted by molar-refractivity contribution is -0.114. The van der Waals surface area contributed by atoms with E-state index in [4.69, 9.17) is 23.2 Å². The first kappa shape index (κ1) is 18.1. The molecular weight excluding hydrogens is 349 g/mol. The molecule has 126 valence electrons. The summed E-state index contributed by atoms with van der Waals surface area (Å²) in [6.07, 6.45) is 0. The van der Waals surface area contributed by atoms with E-state index < -0.39 is 0 Å². The molecule has 0 saturated heterocycles. The van der Waals surface area contributed by atoms with Crippen LogP contribution in [-0.2, 0) is 4.79 Å². The van der Waals surface area contributed by atoms with Crippen molar-refractivity contribution in [2.75, 3.05) is 31.3 Å². The van der Waals surface area contributed by atoms with Gasteiger partial charge in [-0.2, -0.15) is 0 Å². The fourth-order valence-electron chi connectivity index (χ4n) is 1.99. The molecule has 0 aliphatic heterocycles. The number of rotatable bonds is 5. The highest BCUT2D eigenvalue weighted by Crippen LogP contribution is 2.22. The molecule has 0 radical (unpaired) electrons. The number of hydrogen-bond donors (Lipinski definition) is 2. The van der Waals surface area contributed by atoms with Crippen molar-refractivity contribution in [1.82, 2.24) is 4.90 Å². The van der Waals surface area contributed by atoms with Gasteiger partial charge in [-0.1, -0.05) is 35.3 Å². The number of amides is 2. The van der Waals surface area contributed by atoms with Gasteiger partial charge in [-0.15, -0.1) is 0 Å². The molecule has 0 heterocycles. The second-order valence-corrected chi connectivity index (χ2v) is 6.09. The fraction of sp³-hybridized carbons (Fsp3) is 0.176. The SMILES string of the molecule is CN(C)C(=O)c1ccc(NC(=O)CNc2ccccc2Cl)cc1Cl. The molecule has 0 aliphatic rings. The molecule has 0 aromatic heterocycles. The van der Waals surface area contributed by atoms with E-state index in [1.807, 2.05) is 12.1 Å². The van der Waals surface area contributed by atoms with Crippen LogP contribution in [0.5, 0.6) is 0 Å². The van der Waals surface area contributed by atoms with Gasteiger partial charge in [0.05, 0.1) is 27.8 Å². The molecule has 2 aromatic carbocycles. The number of hydrogen-bond acceptors (Lipinski definition) is 3. The van der Waals surface area contributed by atoms with Crippen molar-refractivity contribution in [3.8, 4) is 0 Å². The van der Waals surface area contributed by atoms with Gasteiger partial charge in [0.1, 0.15) is 0 Å². The summed E-state index contributed by atoms with van der Waals surface area (Å²) >= 11 is 12.1. The highest BCUT2D eigenvalue weighted by molar-refractivity contribution is 6.34. The molecule has 0 fully saturated rings. The lowest BCUT2D eigenvalue weighted by Gasteiger charge is -2.13. The number of nitrogens with zero attached hydrogens (tertiary/aromatic N) is 1. The van der Waals surface area contributed by atoms with Crippen molar-refractivity contribution in [3.05, 3.63) is 58.1 Å². The van der Waals surface area contributed by atoms with Crippen molar-refractivity contribution in [1.29, 1.82) is 0 Å². The topological polar surface area (TPSA) is 61.4 Å². The van der Waals surface area contributed by atoms with E-state index in [0.717, 1.165) is 0 Å². The van der Waals surface area contributed by atoms with E-state index in [1.54, 1.807) is 44.4 Å². The first-order valence-corrected chi connectivity index (χ1v) is 7.93. The molecule has 2 amide bonds. The summed E-state index contributed by atoms with van der Waals surface area (Å²) in [6.45, 7) is 0.0553. The highest BCUT2D eigenvalue weighted by atomic mass is 35.5. The summed E-state index contributed by atoms with van der Waals surface area (Å²) < 4.78 is 0. The Balaban J connectivity index is 1.98. The largest absolute Gasteiger partial charge is 0.375 e. The number of nitrogens with one attached hydrogen (secondary N) is 2. The third-order valence-corrected chi connectivity index (χ3v) is 3.84. The minimum atomic E-state index is -0.252. The Labute approximate surface area is 150 Å². The van der Waals surface area contributed by atoms with Crippen LogP contribution in [0, 0.1) is 0 Å². The average Bonchev–Trinajstić information content (AvgIpc) is 2.53. The first-order chi connectivity index (χ1) is 11.4. The van der Waals surface area contributed by atoms with Crippen LogP contribution in [0.4, 0.5) is 11.4 Å². The number of carbonyl (C=O) groups is 2. The third-order valence-electron chi connectivity index (χ3n) is 3.20. The summed E-state index contributed by atoms with van der Waals surface area (Å²) in [4.78, 5) is 25.4. The van der Waals surface area contributed by atoms with Crippen molar-refractivity contribution >= 4 is 46.4 Å². The lowest BCUT2D eigenvalue weighted by atomic mass is 10.2. The van der Waals surface area contributed by atoms with Gasteiger partial charge in [-0.05, 0) is 30.3 Å². The van der Waals surface area contributed by atoms with Crippen LogP contribution in [0.25, 0.3) is 0 Å². The molecule has 0 atom stereocenters. The highest BCUT2D eigenvalue weighted by Gasteiger charge is 2.13. The smallest absolute Gasteiger partial charge is 0.254 e. The number of carbonyl (C=O) groups excluding carboxylic acids is 2. The van der Waals surface area contributed by atoms with Crippen molar-refractivity contribution in [2.45, 2.75) is 0 Å². The van der Waals surface area contributed by atoms with Gasteiger partial charge in [0.15, 0.2) is 0 Å². The van der Waals surface area contributed by atoms with Crippen LogP contribution in [0.3, 0.4) is 0 Å². The van der Waals surface area contributed by atoms with Crippen LogP contribution in [0.2, 0.25) is 10.0 Å². The van der Waals surface area contributed by atoms with E-state index in [1.165, 1.54) is 4.90 Å². The van der Waals surface area contributed by atoms with Crippen LogP contribution < -0.4 is 10.6 Å². The normalized spacial score (nSPS) is 10.2. The zero-order valence-corrected chi connectivity index (χ0v) is 14.8. The van der Waals surface area contributed by atoms with Gasteiger partial charge >= 0.3 is 0 Å². The van der Waals surface area contributed by atoms with E-state index in [-0.39, 0.29) is 23.4 Å². The zero-order valence-electron chi connectivity index (χ0n) is 13.3. The van der Waals surface area contributed by atoms with Crippen LogP contribution >= 0.6 is 23.2 Å². The van der Waals surface area contributed by atoms with E-state index in [0.29, 0.717) is 22.0 Å². The van der Waals surface area contributed by atoms with Gasteiger partial charge in [-0.25, -0.2) is 0 Å². The summed E-state index contributed by atoms with van der Waals surface area (Å²) in [5.41, 5.74) is 1.58. The molecule has 2 aromatic rings. The Morgan fingerprint density at radius 3 is 2.38 bits per heavy atom. The molecular formula is C17H17Cl2N3O2. The molecule has 2 N–H and O–H groups in total. The second-order valence-electron chi connectivity index (χ2n) is 5.28. The maximum atomic E-state index is 12.0. The second kappa shape index (κ2) is 8.04. The van der Waals surface area contributed by atoms with Crippen LogP contribution in [-0.4, -0.2) is 37.4 Å². The van der Waals surface area contributed by atoms with Gasteiger partial charge in [0.25, 0.3) is 5.91 Å². The van der Waals surface area contributed by atoms with Crippen LogP contribution in [0.15, 0.2) is 42.5 Å². The minimum absolute atomic E-state index is 0.0553. The molecule has 0 unspecified atom stereocenters. The Hall–Kier alpha value is -2.24. The molecule has 0 saturated carbocycles. The Kier molecular flexibility index (Phi) is 6.06. The summed E-state index contributed by atoms with van der Waals surface area (Å²) in [7, 11) is 3.30. The van der Waals surface area contributed by atoms with Crippen molar-refractivity contribution in [3.63, 3.8) is 0 Å². The maximum Gasteiger partial charge on any atom is 0.254 e. The fourth-order valence-corrected chi connectivity index (χ4v) is 2.46. The quantitative estimate of drug-likeness (QED) is 0.847. The average molecular weight is 366 g/mol. The molecule has 0 bridgehead atoms. The predicted octanol–water partition coefficient (Wildman–Crippen LogP) is 3.75. The number of para-hydroxylation sites is 1. The molecule has 7 heteroatoms. The van der Waals surface area contributed by atoms with Crippen LogP contribution in [0.1, 0.15) is 10.4 Å². The first-order valence-electron chi connectivity index (χ1n) is 7.18.